The van der Waals surface area contributed by atoms with Crippen molar-refractivity contribution in [3.8, 4) is 0 Å². The van der Waals surface area contributed by atoms with E-state index in [-0.39, 0.29) is 24.1 Å². The van der Waals surface area contributed by atoms with Crippen molar-refractivity contribution in [2.75, 3.05) is 24.2 Å². The lowest BCUT2D eigenvalue weighted by molar-refractivity contribution is -0.136. The topological polar surface area (TPSA) is 78.5 Å². The molecule has 3 aromatic rings. The standard InChI is InChI=1S/C26H21N3O3/c1-29-15-19(22(30)16-9-3-2-4-10-16)25(17-11-5-7-13-20(17)27-23(25)31)26(29)18-12-6-8-14-21(18)28-24(26)32/h2-14,19H,15H2,1H3,(H,27,31)(H,28,32)/t19-,25+,26+/m0/s1. The Bertz CT molecular complexity index is 1300. The van der Waals surface area contributed by atoms with Crippen LogP contribution in [0.1, 0.15) is 21.5 Å². The van der Waals surface area contributed by atoms with Gasteiger partial charge in [0.2, 0.25) is 5.91 Å². The number of rotatable bonds is 2. The van der Waals surface area contributed by atoms with Crippen LogP contribution in [0.2, 0.25) is 0 Å². The molecule has 3 atom stereocenters. The van der Waals surface area contributed by atoms with E-state index >= 15 is 0 Å². The molecule has 0 bridgehead atoms. The SMILES string of the molecule is CN1C[C@@H](C(=O)c2ccccc2)[C@]2(C(=O)Nc3ccccc32)[C@@]12C(=O)Nc1ccccc12. The number of carbonyl (C=O) groups is 3. The molecule has 0 aliphatic carbocycles. The monoisotopic (exact) mass is 423 g/mol. The molecule has 6 heteroatoms. The van der Waals surface area contributed by atoms with Gasteiger partial charge in [-0.15, -0.1) is 0 Å². The zero-order chi connectivity index (χ0) is 22.1. The average Bonchev–Trinajstić information content (AvgIpc) is 3.39. The van der Waals surface area contributed by atoms with Crippen LogP contribution in [0.25, 0.3) is 0 Å². The highest BCUT2D eigenvalue weighted by Crippen LogP contribution is 2.63. The van der Waals surface area contributed by atoms with Crippen LogP contribution in [0, 0.1) is 5.92 Å². The fraction of sp³-hybridized carbons (Fsp3) is 0.192. The molecule has 2 amide bonds. The minimum atomic E-state index is -1.40. The first-order valence-corrected chi connectivity index (χ1v) is 10.7. The summed E-state index contributed by atoms with van der Waals surface area (Å²) in [4.78, 5) is 43.7. The number of likely N-dealkylation sites (tertiary alicyclic amines) is 1. The van der Waals surface area contributed by atoms with Gasteiger partial charge in [0, 0.05) is 29.0 Å². The molecule has 158 valence electrons. The molecule has 2 spiro atoms. The molecule has 32 heavy (non-hydrogen) atoms. The summed E-state index contributed by atoms with van der Waals surface area (Å²) in [5.74, 6) is -1.48. The molecule has 3 aromatic carbocycles. The summed E-state index contributed by atoms with van der Waals surface area (Å²) in [5, 5.41) is 5.98. The first-order valence-electron chi connectivity index (χ1n) is 10.7. The lowest BCUT2D eigenvalue weighted by Gasteiger charge is -2.42. The molecule has 0 unspecified atom stereocenters. The van der Waals surface area contributed by atoms with Crippen molar-refractivity contribution in [2.24, 2.45) is 5.92 Å². The number of Topliss-reactive ketones (excluding diaryl/α,β-unsaturated/α-hetero) is 1. The Kier molecular flexibility index (Phi) is 3.77. The van der Waals surface area contributed by atoms with Crippen molar-refractivity contribution in [3.63, 3.8) is 0 Å². The first-order chi connectivity index (χ1) is 15.5. The number of ketones is 1. The Hall–Kier alpha value is -3.77. The van der Waals surface area contributed by atoms with Gasteiger partial charge < -0.3 is 10.6 Å². The summed E-state index contributed by atoms with van der Waals surface area (Å²) < 4.78 is 0. The van der Waals surface area contributed by atoms with E-state index in [2.05, 4.69) is 10.6 Å². The second-order valence-corrected chi connectivity index (χ2v) is 8.68. The third-order valence-electron chi connectivity index (χ3n) is 7.35. The van der Waals surface area contributed by atoms with Crippen molar-refractivity contribution >= 4 is 29.0 Å². The maximum atomic E-state index is 14.0. The van der Waals surface area contributed by atoms with Crippen LogP contribution in [0.5, 0.6) is 0 Å². The number of carbonyl (C=O) groups excluding carboxylic acids is 3. The van der Waals surface area contributed by atoms with Crippen LogP contribution < -0.4 is 10.6 Å². The van der Waals surface area contributed by atoms with Crippen molar-refractivity contribution in [1.29, 1.82) is 0 Å². The second-order valence-electron chi connectivity index (χ2n) is 8.68. The van der Waals surface area contributed by atoms with E-state index in [0.717, 1.165) is 5.56 Å². The molecule has 2 N–H and O–H groups in total. The fourth-order valence-electron chi connectivity index (χ4n) is 6.18. The van der Waals surface area contributed by atoms with E-state index in [1.54, 1.807) is 12.1 Å². The molecule has 1 fully saturated rings. The zero-order valence-electron chi connectivity index (χ0n) is 17.5. The Balaban J connectivity index is 1.70. The summed E-state index contributed by atoms with van der Waals surface area (Å²) in [5.41, 5.74) is 0.533. The minimum absolute atomic E-state index is 0.140. The van der Waals surface area contributed by atoms with Crippen molar-refractivity contribution < 1.29 is 14.4 Å². The van der Waals surface area contributed by atoms with Crippen LogP contribution in [0.3, 0.4) is 0 Å². The molecule has 3 aliphatic heterocycles. The van der Waals surface area contributed by atoms with Gasteiger partial charge in [0.1, 0.15) is 11.0 Å². The van der Waals surface area contributed by atoms with Gasteiger partial charge in [-0.2, -0.15) is 0 Å². The van der Waals surface area contributed by atoms with Gasteiger partial charge in [0.15, 0.2) is 5.78 Å². The Labute approximate surface area is 185 Å². The number of hydrogen-bond acceptors (Lipinski definition) is 4. The molecular formula is C26H21N3O3. The van der Waals surface area contributed by atoms with E-state index in [4.69, 9.17) is 0 Å². The Morgan fingerprint density at radius 3 is 2.09 bits per heavy atom. The molecule has 0 aromatic heterocycles. The highest BCUT2D eigenvalue weighted by Gasteiger charge is 2.77. The number of benzene rings is 3. The summed E-state index contributed by atoms with van der Waals surface area (Å²) in [6, 6.07) is 23.9. The van der Waals surface area contributed by atoms with E-state index in [1.165, 1.54) is 0 Å². The number of hydrogen-bond donors (Lipinski definition) is 2. The van der Waals surface area contributed by atoms with Crippen LogP contribution in [0.15, 0.2) is 78.9 Å². The number of para-hydroxylation sites is 2. The summed E-state index contributed by atoms with van der Waals surface area (Å²) in [6.07, 6.45) is 0. The van der Waals surface area contributed by atoms with Gasteiger partial charge in [0.25, 0.3) is 5.91 Å². The van der Waals surface area contributed by atoms with E-state index < -0.39 is 16.9 Å². The van der Waals surface area contributed by atoms with Crippen molar-refractivity contribution in [1.82, 2.24) is 4.90 Å². The Morgan fingerprint density at radius 2 is 1.38 bits per heavy atom. The minimum Gasteiger partial charge on any atom is -0.325 e. The maximum absolute atomic E-state index is 14.0. The highest BCUT2D eigenvalue weighted by atomic mass is 16.2. The van der Waals surface area contributed by atoms with Crippen LogP contribution in [-0.4, -0.2) is 36.1 Å². The summed E-state index contributed by atoms with van der Waals surface area (Å²) in [7, 11) is 1.83. The number of nitrogens with zero attached hydrogens (tertiary/aromatic N) is 1. The largest absolute Gasteiger partial charge is 0.325 e. The summed E-state index contributed by atoms with van der Waals surface area (Å²) >= 11 is 0. The van der Waals surface area contributed by atoms with E-state index in [1.807, 2.05) is 78.7 Å². The van der Waals surface area contributed by atoms with E-state index in [0.29, 0.717) is 22.5 Å². The second kappa shape index (κ2) is 6.37. The lowest BCUT2D eigenvalue weighted by Crippen LogP contribution is -2.61. The molecule has 1 saturated heterocycles. The van der Waals surface area contributed by atoms with Gasteiger partial charge in [-0.05, 0) is 24.7 Å². The number of amides is 2. The molecule has 3 aliphatic rings. The van der Waals surface area contributed by atoms with E-state index in [9.17, 15) is 14.4 Å². The molecule has 0 radical (unpaired) electrons. The average molecular weight is 423 g/mol. The predicted molar refractivity (Wildman–Crippen MR) is 120 cm³/mol. The number of anilines is 2. The lowest BCUT2D eigenvalue weighted by atomic mass is 9.58. The van der Waals surface area contributed by atoms with Gasteiger partial charge in [-0.3, -0.25) is 19.3 Å². The normalized spacial score (nSPS) is 28.0. The highest BCUT2D eigenvalue weighted by molar-refractivity contribution is 6.20. The van der Waals surface area contributed by atoms with Gasteiger partial charge in [0.05, 0.1) is 5.92 Å². The third kappa shape index (κ3) is 2.01. The van der Waals surface area contributed by atoms with Gasteiger partial charge in [-0.25, -0.2) is 0 Å². The number of fused-ring (bicyclic) bond motifs is 5. The van der Waals surface area contributed by atoms with Crippen molar-refractivity contribution in [3.05, 3.63) is 95.6 Å². The molecule has 3 heterocycles. The molecule has 0 saturated carbocycles. The Morgan fingerprint density at radius 1 is 0.812 bits per heavy atom. The zero-order valence-corrected chi connectivity index (χ0v) is 17.5. The molecule has 6 nitrogen and oxygen atoms in total. The quantitative estimate of drug-likeness (QED) is 0.621. The number of nitrogens with one attached hydrogen (secondary N) is 2. The van der Waals surface area contributed by atoms with Crippen LogP contribution in [0.4, 0.5) is 11.4 Å². The number of likely N-dealkylation sites (N-methyl/N-ethyl adjacent to an activating group) is 1. The smallest absolute Gasteiger partial charge is 0.251 e. The molecular weight excluding hydrogens is 402 g/mol. The van der Waals surface area contributed by atoms with Gasteiger partial charge in [-0.1, -0.05) is 66.7 Å². The van der Waals surface area contributed by atoms with Crippen LogP contribution >= 0.6 is 0 Å². The van der Waals surface area contributed by atoms with Crippen LogP contribution in [-0.2, 0) is 20.5 Å². The van der Waals surface area contributed by atoms with Crippen molar-refractivity contribution in [2.45, 2.75) is 11.0 Å². The molecule has 6 rings (SSSR count). The first kappa shape index (κ1) is 19.0. The predicted octanol–water partition coefficient (Wildman–Crippen LogP) is 3.17. The summed E-state index contributed by atoms with van der Waals surface area (Å²) in [6.45, 7) is 0.275. The fourth-order valence-corrected chi connectivity index (χ4v) is 6.18. The third-order valence-corrected chi connectivity index (χ3v) is 7.35. The maximum Gasteiger partial charge on any atom is 0.251 e. The van der Waals surface area contributed by atoms with Gasteiger partial charge >= 0.3 is 0 Å².